The van der Waals surface area contributed by atoms with Gasteiger partial charge in [-0.25, -0.2) is 4.31 Å². The Bertz CT molecular complexity index is 93.7. The van der Waals surface area contributed by atoms with Gasteiger partial charge < -0.3 is 0 Å². The molecule has 0 aromatic rings. The highest BCUT2D eigenvalue weighted by atomic mass is 79.9. The minimum Gasteiger partial charge on any atom is -0.233 e. The van der Waals surface area contributed by atoms with E-state index >= 15 is 0 Å². The summed E-state index contributed by atoms with van der Waals surface area (Å²) in [7, 11) is 2.05. The van der Waals surface area contributed by atoms with Crippen molar-refractivity contribution in [3.8, 4) is 0 Å². The fraction of sp³-hybridized carbons (Fsp3) is 0.500. The Kier molecular flexibility index (Phi) is 1.78. The Morgan fingerprint density at radius 1 is 1.86 bits per heavy atom. The molecular weight excluding hydrogens is 174 g/mol. The number of halogens is 1. The number of nitrogens with zero attached hydrogens (tertiary/aromatic N) is 1. The van der Waals surface area contributed by atoms with E-state index in [-0.39, 0.29) is 0 Å². The van der Waals surface area contributed by atoms with Crippen LogP contribution in [-0.2, 0) is 0 Å². The fourth-order valence-electron chi connectivity index (χ4n) is 0.375. The second kappa shape index (κ2) is 2.20. The van der Waals surface area contributed by atoms with Crippen LogP contribution in [0.25, 0.3) is 0 Å². The van der Waals surface area contributed by atoms with Gasteiger partial charge in [0.15, 0.2) is 0 Å². The lowest BCUT2D eigenvalue weighted by molar-refractivity contribution is 0.620. The van der Waals surface area contributed by atoms with Crippen LogP contribution in [0.2, 0.25) is 0 Å². The topological polar surface area (TPSA) is 3.24 Å². The molecule has 0 saturated heterocycles. The Morgan fingerprint density at radius 2 is 2.57 bits per heavy atom. The van der Waals surface area contributed by atoms with Crippen molar-refractivity contribution in [2.24, 2.45) is 0 Å². The van der Waals surface area contributed by atoms with Gasteiger partial charge in [-0.3, -0.25) is 0 Å². The van der Waals surface area contributed by atoms with Crippen molar-refractivity contribution in [3.05, 3.63) is 11.5 Å². The quantitative estimate of drug-likeness (QED) is 0.317. The lowest BCUT2D eigenvalue weighted by atomic mass is 10.6. The molecule has 1 unspecified atom stereocenters. The predicted molar refractivity (Wildman–Crippen MR) is 37.2 cm³/mol. The second-order valence-corrected chi connectivity index (χ2v) is 3.35. The minimum absolute atomic E-state index is 0.442. The number of rotatable bonds is 0. The second-order valence-electron chi connectivity index (χ2n) is 1.35. The molecule has 0 aliphatic carbocycles. The van der Waals surface area contributed by atoms with Crippen molar-refractivity contribution >= 4 is 27.9 Å². The molecule has 1 aliphatic heterocycles. The van der Waals surface area contributed by atoms with Gasteiger partial charge in [0, 0.05) is 0 Å². The first kappa shape index (κ1) is 5.66. The third-order valence-electron chi connectivity index (χ3n) is 0.812. The molecule has 1 nitrogen and oxygen atoms in total. The highest BCUT2D eigenvalue weighted by molar-refractivity contribution is 9.09. The van der Waals surface area contributed by atoms with Crippen molar-refractivity contribution in [1.29, 1.82) is 0 Å². The lowest BCUT2D eigenvalue weighted by Gasteiger charge is -2.08. The van der Waals surface area contributed by atoms with E-state index in [1.54, 1.807) is 11.9 Å². The molecule has 1 aliphatic rings. The van der Waals surface area contributed by atoms with Crippen LogP contribution in [0, 0.1) is 0 Å². The summed E-state index contributed by atoms with van der Waals surface area (Å²) in [5.74, 6) is 0. The zero-order valence-electron chi connectivity index (χ0n) is 3.97. The Balaban J connectivity index is 2.45. The van der Waals surface area contributed by atoms with Crippen LogP contribution in [0.15, 0.2) is 11.5 Å². The first-order chi connectivity index (χ1) is 3.30. The van der Waals surface area contributed by atoms with Gasteiger partial charge in [0.2, 0.25) is 0 Å². The van der Waals surface area contributed by atoms with Crippen LogP contribution in [0.4, 0.5) is 0 Å². The predicted octanol–water partition coefficient (Wildman–Crippen LogP) is 1.81. The van der Waals surface area contributed by atoms with Crippen LogP contribution in [0.5, 0.6) is 0 Å². The summed E-state index contributed by atoms with van der Waals surface area (Å²) >= 11 is 5.13. The maximum atomic E-state index is 3.42. The first-order valence-corrected chi connectivity index (χ1v) is 3.76. The SMILES string of the molecule is CN1SC=CC1Br. The zero-order valence-corrected chi connectivity index (χ0v) is 6.37. The molecule has 0 bridgehead atoms. The Morgan fingerprint density at radius 3 is 2.71 bits per heavy atom. The summed E-state index contributed by atoms with van der Waals surface area (Å²) in [6.07, 6.45) is 2.10. The molecule has 40 valence electrons. The van der Waals surface area contributed by atoms with E-state index in [0.29, 0.717) is 4.95 Å². The standard InChI is InChI=1S/C4H6BrNS/c1-6-4(5)2-3-7-6/h2-4H,1H3. The lowest BCUT2D eigenvalue weighted by Crippen LogP contribution is -2.10. The van der Waals surface area contributed by atoms with E-state index in [1.807, 2.05) is 7.05 Å². The molecule has 0 spiro atoms. The van der Waals surface area contributed by atoms with E-state index in [2.05, 4.69) is 31.7 Å². The average Bonchev–Trinajstić information content (AvgIpc) is 1.91. The molecule has 7 heavy (non-hydrogen) atoms. The molecule has 1 rings (SSSR count). The highest BCUT2D eigenvalue weighted by Crippen LogP contribution is 2.24. The number of likely N-dealkylation sites (N-methyl/N-ethyl adjacent to an activating group) is 1. The zero-order chi connectivity index (χ0) is 5.28. The minimum atomic E-state index is 0.442. The van der Waals surface area contributed by atoms with Crippen LogP contribution in [0.3, 0.4) is 0 Å². The van der Waals surface area contributed by atoms with Crippen molar-refractivity contribution in [2.75, 3.05) is 7.05 Å². The van der Waals surface area contributed by atoms with E-state index in [9.17, 15) is 0 Å². The average molecular weight is 180 g/mol. The van der Waals surface area contributed by atoms with Crippen molar-refractivity contribution < 1.29 is 0 Å². The Hall–Kier alpha value is 0.530. The van der Waals surface area contributed by atoms with Gasteiger partial charge in [-0.15, -0.1) is 0 Å². The third-order valence-corrected chi connectivity index (χ3v) is 2.84. The molecule has 0 N–H and O–H groups in total. The number of hydrogen-bond donors (Lipinski definition) is 0. The van der Waals surface area contributed by atoms with Gasteiger partial charge in [-0.05, 0) is 30.5 Å². The molecule has 3 heteroatoms. The fourth-order valence-corrected chi connectivity index (χ4v) is 1.62. The molecule has 0 saturated carbocycles. The molecule has 0 aromatic carbocycles. The van der Waals surface area contributed by atoms with Crippen molar-refractivity contribution in [1.82, 2.24) is 4.31 Å². The molecule has 1 heterocycles. The van der Waals surface area contributed by atoms with Gasteiger partial charge in [0.1, 0.15) is 0 Å². The Labute approximate surface area is 56.0 Å². The first-order valence-electron chi connectivity index (χ1n) is 2.01. The van der Waals surface area contributed by atoms with E-state index < -0.39 is 0 Å². The van der Waals surface area contributed by atoms with E-state index in [4.69, 9.17) is 0 Å². The summed E-state index contributed by atoms with van der Waals surface area (Å²) < 4.78 is 2.12. The molecule has 0 fully saturated rings. The van der Waals surface area contributed by atoms with Gasteiger partial charge in [0.05, 0.1) is 4.95 Å². The third kappa shape index (κ3) is 1.21. The smallest absolute Gasteiger partial charge is 0.0943 e. The van der Waals surface area contributed by atoms with Crippen LogP contribution >= 0.6 is 27.9 Å². The van der Waals surface area contributed by atoms with Gasteiger partial charge in [0.25, 0.3) is 0 Å². The van der Waals surface area contributed by atoms with Crippen LogP contribution in [-0.4, -0.2) is 16.3 Å². The monoisotopic (exact) mass is 179 g/mol. The molecular formula is C4H6BrNS. The number of hydrogen-bond acceptors (Lipinski definition) is 2. The summed E-state index contributed by atoms with van der Waals surface area (Å²) in [5, 5.41) is 2.07. The molecule has 0 radical (unpaired) electrons. The van der Waals surface area contributed by atoms with Gasteiger partial charge in [-0.1, -0.05) is 15.9 Å². The summed E-state index contributed by atoms with van der Waals surface area (Å²) in [6, 6.07) is 0. The summed E-state index contributed by atoms with van der Waals surface area (Å²) in [4.78, 5) is 0.442. The normalized spacial score (nSPS) is 32.0. The molecule has 1 atom stereocenters. The maximum absolute atomic E-state index is 3.42. The molecule has 0 amide bonds. The van der Waals surface area contributed by atoms with Crippen LogP contribution < -0.4 is 0 Å². The van der Waals surface area contributed by atoms with Crippen molar-refractivity contribution in [3.63, 3.8) is 0 Å². The highest BCUT2D eigenvalue weighted by Gasteiger charge is 2.10. The maximum Gasteiger partial charge on any atom is 0.0943 e. The van der Waals surface area contributed by atoms with Crippen LogP contribution in [0.1, 0.15) is 0 Å². The molecule has 0 aromatic heterocycles. The summed E-state index contributed by atoms with van der Waals surface area (Å²) in [5.41, 5.74) is 0. The van der Waals surface area contributed by atoms with E-state index in [1.165, 1.54) is 0 Å². The van der Waals surface area contributed by atoms with E-state index in [0.717, 1.165) is 0 Å². The largest absolute Gasteiger partial charge is 0.233 e. The van der Waals surface area contributed by atoms with Gasteiger partial charge in [-0.2, -0.15) is 0 Å². The van der Waals surface area contributed by atoms with Gasteiger partial charge >= 0.3 is 0 Å². The number of alkyl halides is 1. The van der Waals surface area contributed by atoms with Crippen molar-refractivity contribution in [2.45, 2.75) is 4.95 Å². The summed E-state index contributed by atoms with van der Waals surface area (Å²) in [6.45, 7) is 0.